The van der Waals surface area contributed by atoms with Crippen molar-refractivity contribution in [2.45, 2.75) is 0 Å². The van der Waals surface area contributed by atoms with Gasteiger partial charge in [0.15, 0.2) is 16.5 Å². The Morgan fingerprint density at radius 2 is 1.84 bits per heavy atom. The fourth-order valence-corrected chi connectivity index (χ4v) is 3.92. The van der Waals surface area contributed by atoms with Crippen LogP contribution in [0.1, 0.15) is 5.56 Å². The van der Waals surface area contributed by atoms with Crippen molar-refractivity contribution in [1.29, 1.82) is 0 Å². The molecular weight excluding hydrogens is 414 g/mol. The van der Waals surface area contributed by atoms with Gasteiger partial charge in [0.1, 0.15) is 0 Å². The van der Waals surface area contributed by atoms with Gasteiger partial charge in [-0.15, -0.1) is 11.3 Å². The molecule has 0 aliphatic heterocycles. The lowest BCUT2D eigenvalue weighted by Crippen LogP contribution is -2.08. The molecule has 2 aromatic carbocycles. The van der Waals surface area contributed by atoms with E-state index in [0.717, 1.165) is 21.8 Å². The van der Waals surface area contributed by atoms with Crippen LogP contribution in [0.5, 0.6) is 17.2 Å². The summed E-state index contributed by atoms with van der Waals surface area (Å²) in [5, 5.41) is 4.92. The first kappa shape index (κ1) is 20.5. The zero-order chi connectivity index (χ0) is 21.8. The van der Waals surface area contributed by atoms with Crippen LogP contribution < -0.4 is 19.5 Å². The van der Waals surface area contributed by atoms with Crippen LogP contribution >= 0.6 is 11.3 Å². The molecule has 1 amide bonds. The Morgan fingerprint density at radius 1 is 1.10 bits per heavy atom. The number of carbonyl (C=O) groups is 1. The number of nitrogens with zero attached hydrogens (tertiary/aromatic N) is 2. The number of ether oxygens (including phenoxy) is 3. The summed E-state index contributed by atoms with van der Waals surface area (Å²) in [6.07, 6.45) is 7.05. The van der Waals surface area contributed by atoms with Crippen LogP contribution in [0.4, 0.5) is 5.69 Å². The third kappa shape index (κ3) is 4.24. The summed E-state index contributed by atoms with van der Waals surface area (Å²) in [5.41, 5.74) is 3.09. The fourth-order valence-electron chi connectivity index (χ4n) is 3.22. The molecule has 2 heterocycles. The summed E-state index contributed by atoms with van der Waals surface area (Å²) in [7, 11) is 4.65. The van der Waals surface area contributed by atoms with Crippen molar-refractivity contribution in [2.24, 2.45) is 0 Å². The van der Waals surface area contributed by atoms with E-state index in [0.29, 0.717) is 22.9 Å². The Labute approximate surface area is 183 Å². The zero-order valence-electron chi connectivity index (χ0n) is 17.3. The number of fused-ring (bicyclic) bond motifs is 1. The Morgan fingerprint density at radius 3 is 2.52 bits per heavy atom. The van der Waals surface area contributed by atoms with Gasteiger partial charge in [-0.05, 0) is 29.8 Å². The monoisotopic (exact) mass is 435 g/mol. The Bertz CT molecular complexity index is 1210. The summed E-state index contributed by atoms with van der Waals surface area (Å²) in [5.74, 6) is 1.28. The minimum absolute atomic E-state index is 0.262. The molecule has 0 bridgehead atoms. The summed E-state index contributed by atoms with van der Waals surface area (Å²) in [6, 6.07) is 11.1. The standard InChI is InChI=1S/C23H21N3O4S/c1-28-19-12-15(13-20(29-2)22(19)30-3)8-9-21(27)24-17-7-5-4-6-16(17)18-14-26-10-11-31-23(26)25-18/h4-14H,1-3H3,(H,24,27)/b9-8+. The molecule has 1 N–H and O–H groups in total. The summed E-state index contributed by atoms with van der Waals surface area (Å²) >= 11 is 1.56. The average molecular weight is 436 g/mol. The van der Waals surface area contributed by atoms with Gasteiger partial charge in [-0.3, -0.25) is 9.20 Å². The number of amides is 1. The molecule has 0 saturated heterocycles. The van der Waals surface area contributed by atoms with Crippen molar-refractivity contribution in [3.05, 3.63) is 65.8 Å². The number of carbonyl (C=O) groups excluding carboxylic acids is 1. The highest BCUT2D eigenvalue weighted by Crippen LogP contribution is 2.38. The maximum absolute atomic E-state index is 12.6. The molecule has 0 radical (unpaired) electrons. The second-order valence-corrected chi connectivity index (χ2v) is 7.42. The SMILES string of the molecule is COc1cc(/C=C/C(=O)Nc2ccccc2-c2cn3ccsc3n2)cc(OC)c1OC. The molecule has 0 atom stereocenters. The molecule has 0 spiro atoms. The minimum atomic E-state index is -0.262. The van der Waals surface area contributed by atoms with Crippen molar-refractivity contribution in [3.63, 3.8) is 0 Å². The topological polar surface area (TPSA) is 74.1 Å². The molecule has 2 aromatic heterocycles. The van der Waals surface area contributed by atoms with Gasteiger partial charge in [0.25, 0.3) is 0 Å². The number of anilines is 1. The van der Waals surface area contributed by atoms with E-state index in [9.17, 15) is 4.79 Å². The van der Waals surface area contributed by atoms with Gasteiger partial charge in [0.2, 0.25) is 11.7 Å². The van der Waals surface area contributed by atoms with Crippen molar-refractivity contribution >= 4 is 34.0 Å². The smallest absolute Gasteiger partial charge is 0.248 e. The minimum Gasteiger partial charge on any atom is -0.493 e. The number of thiazole rings is 1. The molecule has 8 heteroatoms. The molecular formula is C23H21N3O4S. The molecule has 0 aliphatic rings. The molecule has 4 rings (SSSR count). The van der Waals surface area contributed by atoms with Crippen molar-refractivity contribution in [1.82, 2.24) is 9.38 Å². The largest absolute Gasteiger partial charge is 0.493 e. The maximum atomic E-state index is 12.6. The van der Waals surface area contributed by atoms with Crippen LogP contribution in [0.15, 0.2) is 60.2 Å². The van der Waals surface area contributed by atoms with Gasteiger partial charge in [0.05, 0.1) is 32.7 Å². The first-order valence-corrected chi connectivity index (χ1v) is 10.3. The molecule has 0 unspecified atom stereocenters. The number of para-hydroxylation sites is 1. The Hall–Kier alpha value is -3.78. The lowest BCUT2D eigenvalue weighted by Gasteiger charge is -2.12. The van der Waals surface area contributed by atoms with E-state index in [1.54, 1.807) is 50.9 Å². The third-order valence-corrected chi connectivity index (χ3v) is 5.44. The maximum Gasteiger partial charge on any atom is 0.248 e. The number of rotatable bonds is 7. The lowest BCUT2D eigenvalue weighted by molar-refractivity contribution is -0.111. The predicted octanol–water partition coefficient (Wildman–Crippen LogP) is 4.74. The molecule has 0 aliphatic carbocycles. The molecule has 4 aromatic rings. The van der Waals surface area contributed by atoms with Gasteiger partial charge in [0, 0.05) is 29.4 Å². The van der Waals surface area contributed by atoms with Gasteiger partial charge in [-0.1, -0.05) is 18.2 Å². The predicted molar refractivity (Wildman–Crippen MR) is 122 cm³/mol. The number of aromatic nitrogens is 2. The highest BCUT2D eigenvalue weighted by molar-refractivity contribution is 7.15. The Kier molecular flexibility index (Phi) is 5.90. The van der Waals surface area contributed by atoms with Crippen LogP contribution in [-0.4, -0.2) is 36.6 Å². The van der Waals surface area contributed by atoms with E-state index in [1.807, 2.05) is 46.4 Å². The summed E-state index contributed by atoms with van der Waals surface area (Å²) in [6.45, 7) is 0. The van der Waals surface area contributed by atoms with E-state index in [-0.39, 0.29) is 5.91 Å². The average Bonchev–Trinajstić information content (AvgIpc) is 3.39. The van der Waals surface area contributed by atoms with Crippen LogP contribution in [0.2, 0.25) is 0 Å². The van der Waals surface area contributed by atoms with Crippen molar-refractivity contribution in [2.75, 3.05) is 26.6 Å². The zero-order valence-corrected chi connectivity index (χ0v) is 18.1. The van der Waals surface area contributed by atoms with E-state index in [1.165, 1.54) is 6.08 Å². The normalized spacial score (nSPS) is 11.1. The van der Waals surface area contributed by atoms with E-state index in [2.05, 4.69) is 10.3 Å². The fraction of sp³-hybridized carbons (Fsp3) is 0.130. The van der Waals surface area contributed by atoms with Crippen LogP contribution in [0.25, 0.3) is 22.3 Å². The summed E-state index contributed by atoms with van der Waals surface area (Å²) in [4.78, 5) is 18.1. The quantitative estimate of drug-likeness (QED) is 0.425. The highest BCUT2D eigenvalue weighted by atomic mass is 32.1. The number of benzene rings is 2. The van der Waals surface area contributed by atoms with Gasteiger partial charge in [-0.2, -0.15) is 0 Å². The number of hydrogen-bond acceptors (Lipinski definition) is 6. The van der Waals surface area contributed by atoms with Gasteiger partial charge >= 0.3 is 0 Å². The van der Waals surface area contributed by atoms with E-state index < -0.39 is 0 Å². The first-order valence-electron chi connectivity index (χ1n) is 9.43. The second kappa shape index (κ2) is 8.93. The summed E-state index contributed by atoms with van der Waals surface area (Å²) < 4.78 is 18.0. The number of nitrogens with one attached hydrogen (secondary N) is 1. The highest BCUT2D eigenvalue weighted by Gasteiger charge is 2.13. The van der Waals surface area contributed by atoms with Gasteiger partial charge in [-0.25, -0.2) is 4.98 Å². The number of methoxy groups -OCH3 is 3. The molecule has 158 valence electrons. The Balaban J connectivity index is 1.56. The van der Waals surface area contributed by atoms with Crippen molar-refractivity contribution < 1.29 is 19.0 Å². The van der Waals surface area contributed by atoms with Crippen LogP contribution in [0.3, 0.4) is 0 Å². The van der Waals surface area contributed by atoms with Crippen LogP contribution in [0, 0.1) is 0 Å². The van der Waals surface area contributed by atoms with E-state index in [4.69, 9.17) is 14.2 Å². The number of imidazole rings is 1. The van der Waals surface area contributed by atoms with Gasteiger partial charge < -0.3 is 19.5 Å². The first-order chi connectivity index (χ1) is 15.1. The van der Waals surface area contributed by atoms with E-state index >= 15 is 0 Å². The molecule has 31 heavy (non-hydrogen) atoms. The lowest BCUT2D eigenvalue weighted by atomic mass is 10.1. The molecule has 0 fully saturated rings. The second-order valence-electron chi connectivity index (χ2n) is 6.55. The molecule has 7 nitrogen and oxygen atoms in total. The number of hydrogen-bond donors (Lipinski definition) is 1. The van der Waals surface area contributed by atoms with Crippen molar-refractivity contribution in [3.8, 4) is 28.5 Å². The molecule has 0 saturated carbocycles. The van der Waals surface area contributed by atoms with Crippen LogP contribution in [-0.2, 0) is 4.79 Å². The third-order valence-electron chi connectivity index (χ3n) is 4.67.